The Morgan fingerprint density at radius 3 is 2.55 bits per heavy atom. The van der Waals surface area contributed by atoms with Crippen LogP contribution in [0.1, 0.15) is 25.1 Å². The first-order chi connectivity index (χ1) is 18.3. The average Bonchev–Trinajstić information content (AvgIpc) is 3.49. The summed E-state index contributed by atoms with van der Waals surface area (Å²) in [7, 11) is -3.88. The van der Waals surface area contributed by atoms with E-state index in [1.807, 2.05) is 25.5 Å². The summed E-state index contributed by atoms with van der Waals surface area (Å²) in [4.78, 5) is 11.7. The fourth-order valence-corrected chi connectivity index (χ4v) is 5.84. The molecule has 0 saturated carbocycles. The number of morpholine rings is 1. The summed E-state index contributed by atoms with van der Waals surface area (Å²) in [6.07, 6.45) is 3.22. The Kier molecular flexibility index (Phi) is 7.37. The zero-order valence-electron chi connectivity index (χ0n) is 22.1. The van der Waals surface area contributed by atoms with Crippen LogP contribution in [0.5, 0.6) is 5.88 Å². The summed E-state index contributed by atoms with van der Waals surface area (Å²) in [5.74, 6) is 0.535. The molecular formula is C26H33N7O4S. The van der Waals surface area contributed by atoms with Gasteiger partial charge in [-0.1, -0.05) is 17.7 Å². The largest absolute Gasteiger partial charge is 0.477 e. The summed E-state index contributed by atoms with van der Waals surface area (Å²) < 4.78 is 41.3. The highest BCUT2D eigenvalue weighted by atomic mass is 32.2. The Morgan fingerprint density at radius 2 is 1.84 bits per heavy atom. The van der Waals surface area contributed by atoms with Crippen LogP contribution in [0.4, 0.5) is 11.6 Å². The van der Waals surface area contributed by atoms with Crippen LogP contribution < -0.4 is 10.1 Å². The second-order valence-corrected chi connectivity index (χ2v) is 11.2. The van der Waals surface area contributed by atoms with E-state index >= 15 is 0 Å². The van der Waals surface area contributed by atoms with Gasteiger partial charge in [0, 0.05) is 25.3 Å². The third-order valence-electron chi connectivity index (χ3n) is 6.79. The van der Waals surface area contributed by atoms with Gasteiger partial charge < -0.3 is 14.8 Å². The van der Waals surface area contributed by atoms with Crippen molar-refractivity contribution in [2.75, 3.05) is 38.2 Å². The Morgan fingerprint density at radius 1 is 1.11 bits per heavy atom. The third kappa shape index (κ3) is 5.11. The molecule has 1 aliphatic rings. The van der Waals surface area contributed by atoms with Crippen molar-refractivity contribution in [2.45, 2.75) is 45.2 Å². The Labute approximate surface area is 222 Å². The minimum absolute atomic E-state index is 0.179. The standard InChI is InChI=1S/C26H33N7O4S/c1-5-37-25-22-10-11-33(38(34,35)21-8-6-18(2)7-9-21)24(22)29-26(30-25)28-23-16-27-32(20(23)4)17-19(3)31-12-14-36-15-13-31/h6-11,16,19H,5,12-15,17H2,1-4H3,(H,28,29,30). The molecule has 1 saturated heterocycles. The first-order valence-corrected chi connectivity index (χ1v) is 14.2. The Bertz CT molecular complexity index is 1520. The van der Waals surface area contributed by atoms with E-state index in [-0.39, 0.29) is 16.5 Å². The fraction of sp³-hybridized carbons (Fsp3) is 0.423. The Balaban J connectivity index is 1.46. The van der Waals surface area contributed by atoms with Crippen molar-refractivity contribution in [2.24, 2.45) is 0 Å². The fourth-order valence-electron chi connectivity index (χ4n) is 4.54. The van der Waals surface area contributed by atoms with E-state index in [1.165, 1.54) is 10.2 Å². The molecule has 4 heterocycles. The quantitative estimate of drug-likeness (QED) is 0.342. The molecule has 1 aliphatic heterocycles. The predicted octanol–water partition coefficient (Wildman–Crippen LogP) is 3.34. The summed E-state index contributed by atoms with van der Waals surface area (Å²) in [6, 6.07) is 8.69. The van der Waals surface area contributed by atoms with Gasteiger partial charge in [-0.2, -0.15) is 15.1 Å². The van der Waals surface area contributed by atoms with E-state index in [0.717, 1.165) is 49.8 Å². The molecule has 12 heteroatoms. The van der Waals surface area contributed by atoms with Gasteiger partial charge in [0.25, 0.3) is 10.0 Å². The zero-order chi connectivity index (χ0) is 26.9. The number of anilines is 2. The molecule has 1 fully saturated rings. The minimum Gasteiger partial charge on any atom is -0.477 e. The molecule has 202 valence electrons. The number of aryl methyl sites for hydroxylation is 1. The molecular weight excluding hydrogens is 506 g/mol. The predicted molar refractivity (Wildman–Crippen MR) is 145 cm³/mol. The number of benzene rings is 1. The van der Waals surface area contributed by atoms with Gasteiger partial charge in [-0.3, -0.25) is 9.58 Å². The van der Waals surface area contributed by atoms with Crippen LogP contribution in [-0.2, 0) is 21.3 Å². The van der Waals surface area contributed by atoms with Gasteiger partial charge in [0.1, 0.15) is 0 Å². The van der Waals surface area contributed by atoms with Crippen LogP contribution in [-0.4, -0.2) is 76.0 Å². The number of ether oxygens (including phenoxy) is 2. The monoisotopic (exact) mass is 539 g/mol. The van der Waals surface area contributed by atoms with Crippen LogP contribution in [0.25, 0.3) is 11.0 Å². The first kappa shape index (κ1) is 26.1. The van der Waals surface area contributed by atoms with E-state index < -0.39 is 10.0 Å². The highest BCUT2D eigenvalue weighted by Crippen LogP contribution is 2.30. The number of hydrogen-bond donors (Lipinski definition) is 1. The molecule has 3 aromatic heterocycles. The molecule has 1 N–H and O–H groups in total. The van der Waals surface area contributed by atoms with Crippen molar-refractivity contribution in [3.8, 4) is 5.88 Å². The number of nitrogens with zero attached hydrogens (tertiary/aromatic N) is 6. The van der Waals surface area contributed by atoms with Crippen LogP contribution in [0.2, 0.25) is 0 Å². The maximum atomic E-state index is 13.5. The van der Waals surface area contributed by atoms with Crippen LogP contribution in [0, 0.1) is 13.8 Å². The van der Waals surface area contributed by atoms with Crippen molar-refractivity contribution in [1.82, 2.24) is 28.6 Å². The molecule has 0 amide bonds. The van der Waals surface area contributed by atoms with Crippen molar-refractivity contribution >= 4 is 32.7 Å². The van der Waals surface area contributed by atoms with Crippen LogP contribution in [0.15, 0.2) is 47.6 Å². The number of nitrogens with one attached hydrogen (secondary N) is 1. The molecule has 11 nitrogen and oxygen atoms in total. The van der Waals surface area contributed by atoms with E-state index in [1.54, 1.807) is 36.5 Å². The lowest BCUT2D eigenvalue weighted by atomic mass is 10.2. The number of rotatable bonds is 9. The molecule has 0 radical (unpaired) electrons. The lowest BCUT2D eigenvalue weighted by Gasteiger charge is -2.32. The Hall–Kier alpha value is -3.48. The zero-order valence-corrected chi connectivity index (χ0v) is 22.9. The van der Waals surface area contributed by atoms with Gasteiger partial charge in [0.05, 0.1) is 54.2 Å². The second kappa shape index (κ2) is 10.7. The lowest BCUT2D eigenvalue weighted by molar-refractivity contribution is 0.0161. The summed E-state index contributed by atoms with van der Waals surface area (Å²) in [5.41, 5.74) is 2.87. The maximum Gasteiger partial charge on any atom is 0.269 e. The molecule has 1 unspecified atom stereocenters. The second-order valence-electron chi connectivity index (χ2n) is 9.40. The maximum absolute atomic E-state index is 13.5. The first-order valence-electron chi connectivity index (χ1n) is 12.7. The SMILES string of the molecule is CCOc1nc(Nc2cnn(CC(C)N3CCOCC3)c2C)nc2c1ccn2S(=O)(=O)c1ccc(C)cc1. The molecule has 1 aromatic carbocycles. The molecule has 5 rings (SSSR count). The van der Waals surface area contributed by atoms with E-state index in [4.69, 9.17) is 9.47 Å². The number of aromatic nitrogens is 5. The van der Waals surface area contributed by atoms with Gasteiger partial charge in [0.15, 0.2) is 5.65 Å². The van der Waals surface area contributed by atoms with E-state index in [2.05, 4.69) is 32.2 Å². The molecule has 4 aromatic rings. The van der Waals surface area contributed by atoms with Crippen LogP contribution in [0.3, 0.4) is 0 Å². The van der Waals surface area contributed by atoms with Crippen molar-refractivity contribution in [1.29, 1.82) is 0 Å². The lowest BCUT2D eigenvalue weighted by Crippen LogP contribution is -2.44. The summed E-state index contributed by atoms with van der Waals surface area (Å²) in [6.45, 7) is 12.3. The van der Waals surface area contributed by atoms with Crippen molar-refractivity contribution < 1.29 is 17.9 Å². The number of hydrogen-bond acceptors (Lipinski definition) is 9. The van der Waals surface area contributed by atoms with Crippen molar-refractivity contribution in [3.63, 3.8) is 0 Å². The minimum atomic E-state index is -3.88. The molecule has 0 bridgehead atoms. The van der Waals surface area contributed by atoms with Gasteiger partial charge in [-0.05, 0) is 45.9 Å². The van der Waals surface area contributed by atoms with Crippen molar-refractivity contribution in [3.05, 3.63) is 54.0 Å². The smallest absolute Gasteiger partial charge is 0.269 e. The summed E-state index contributed by atoms with van der Waals surface area (Å²) >= 11 is 0. The van der Waals surface area contributed by atoms with Gasteiger partial charge in [-0.15, -0.1) is 0 Å². The summed E-state index contributed by atoms with van der Waals surface area (Å²) in [5, 5.41) is 8.31. The molecule has 0 spiro atoms. The molecule has 38 heavy (non-hydrogen) atoms. The molecule has 1 atom stereocenters. The topological polar surface area (TPSA) is 116 Å². The average molecular weight is 540 g/mol. The third-order valence-corrected chi connectivity index (χ3v) is 8.47. The van der Waals surface area contributed by atoms with E-state index in [9.17, 15) is 8.42 Å². The normalized spacial score (nSPS) is 15.6. The molecule has 0 aliphatic carbocycles. The highest BCUT2D eigenvalue weighted by Gasteiger charge is 2.23. The van der Waals surface area contributed by atoms with Crippen LogP contribution >= 0.6 is 0 Å². The van der Waals surface area contributed by atoms with E-state index in [0.29, 0.717) is 23.9 Å². The van der Waals surface area contributed by atoms with Gasteiger partial charge in [0.2, 0.25) is 11.8 Å². The highest BCUT2D eigenvalue weighted by molar-refractivity contribution is 7.90. The van der Waals surface area contributed by atoms with Gasteiger partial charge >= 0.3 is 0 Å². The number of fused-ring (bicyclic) bond motifs is 1. The van der Waals surface area contributed by atoms with Gasteiger partial charge in [-0.25, -0.2) is 12.4 Å².